The molecule has 1 unspecified atom stereocenters. The van der Waals surface area contributed by atoms with Gasteiger partial charge in [-0.2, -0.15) is 0 Å². The first kappa shape index (κ1) is 14.0. The van der Waals surface area contributed by atoms with E-state index in [0.29, 0.717) is 0 Å². The Morgan fingerprint density at radius 2 is 2.00 bits per heavy atom. The van der Waals surface area contributed by atoms with Crippen LogP contribution < -0.4 is 11.1 Å². The summed E-state index contributed by atoms with van der Waals surface area (Å²) in [7, 11) is 0. The quantitative estimate of drug-likeness (QED) is 0.833. The third kappa shape index (κ3) is 2.90. The van der Waals surface area contributed by atoms with Crippen LogP contribution in [-0.2, 0) is 11.2 Å². The van der Waals surface area contributed by atoms with Gasteiger partial charge in [0.2, 0.25) is 5.91 Å². The summed E-state index contributed by atoms with van der Waals surface area (Å²) in [4.78, 5) is 13.5. The minimum absolute atomic E-state index is 0.0757. The van der Waals surface area contributed by atoms with Crippen LogP contribution in [0.3, 0.4) is 0 Å². The van der Waals surface area contributed by atoms with Gasteiger partial charge in [0.25, 0.3) is 0 Å². The fourth-order valence-electron chi connectivity index (χ4n) is 2.52. The molecule has 3 N–H and O–H groups in total. The summed E-state index contributed by atoms with van der Waals surface area (Å²) in [6, 6.07) is 13.9. The molecule has 1 amide bonds. The molecule has 0 aromatic heterocycles. The second-order valence-electron chi connectivity index (χ2n) is 5.26. The van der Waals surface area contributed by atoms with Gasteiger partial charge < -0.3 is 11.1 Å². The number of benzene rings is 2. The lowest BCUT2D eigenvalue weighted by Gasteiger charge is -2.15. The van der Waals surface area contributed by atoms with Gasteiger partial charge in [0.05, 0.1) is 5.25 Å². The topological polar surface area (TPSA) is 55.1 Å². The Kier molecular flexibility index (Phi) is 3.88. The van der Waals surface area contributed by atoms with Crippen LogP contribution >= 0.6 is 11.8 Å². The van der Waals surface area contributed by atoms with E-state index in [1.807, 2.05) is 43.3 Å². The molecular weight excluding hydrogens is 280 g/mol. The molecule has 0 radical (unpaired) electrons. The molecule has 1 aliphatic heterocycles. The van der Waals surface area contributed by atoms with E-state index in [1.165, 1.54) is 5.56 Å². The number of hydrogen-bond acceptors (Lipinski definition) is 3. The average Bonchev–Trinajstić information content (AvgIpc) is 2.63. The molecule has 3 rings (SSSR count). The minimum Gasteiger partial charge on any atom is -0.398 e. The molecule has 1 atom stereocenters. The van der Waals surface area contributed by atoms with Crippen LogP contribution in [0, 0.1) is 6.92 Å². The number of rotatable bonds is 2. The number of nitrogen functional groups attached to an aromatic ring is 1. The van der Waals surface area contributed by atoms with E-state index in [9.17, 15) is 4.79 Å². The Morgan fingerprint density at radius 1 is 1.19 bits per heavy atom. The Bertz CT molecular complexity index is 684. The normalized spacial score (nSPS) is 17.8. The van der Waals surface area contributed by atoms with Crippen molar-refractivity contribution in [3.05, 3.63) is 53.6 Å². The summed E-state index contributed by atoms with van der Waals surface area (Å²) in [6.45, 7) is 2.00. The SMILES string of the molecule is Cc1c(N)cccc1SC1CCc2ccccc2NC1=O. The van der Waals surface area contributed by atoms with Crippen LogP contribution in [0.15, 0.2) is 47.4 Å². The van der Waals surface area contributed by atoms with E-state index in [1.54, 1.807) is 11.8 Å². The van der Waals surface area contributed by atoms with Gasteiger partial charge in [0.15, 0.2) is 0 Å². The summed E-state index contributed by atoms with van der Waals surface area (Å²) in [5.41, 5.74) is 9.92. The van der Waals surface area contributed by atoms with E-state index in [2.05, 4.69) is 11.4 Å². The number of anilines is 2. The largest absolute Gasteiger partial charge is 0.398 e. The van der Waals surface area contributed by atoms with Crippen molar-refractivity contribution in [2.75, 3.05) is 11.1 Å². The third-order valence-corrected chi connectivity index (χ3v) is 5.27. The molecule has 0 bridgehead atoms. The average molecular weight is 298 g/mol. The predicted molar refractivity (Wildman–Crippen MR) is 88.6 cm³/mol. The zero-order chi connectivity index (χ0) is 14.8. The summed E-state index contributed by atoms with van der Waals surface area (Å²) in [5.74, 6) is 0.0757. The number of nitrogens with two attached hydrogens (primary N) is 1. The molecule has 0 spiro atoms. The molecule has 2 aromatic carbocycles. The molecule has 4 heteroatoms. The summed E-state index contributed by atoms with van der Waals surface area (Å²) < 4.78 is 0. The highest BCUT2D eigenvalue weighted by Gasteiger charge is 2.24. The van der Waals surface area contributed by atoms with Crippen molar-refractivity contribution in [2.24, 2.45) is 0 Å². The zero-order valence-electron chi connectivity index (χ0n) is 11.9. The second-order valence-corrected chi connectivity index (χ2v) is 6.51. The number of nitrogens with one attached hydrogen (secondary N) is 1. The smallest absolute Gasteiger partial charge is 0.237 e. The van der Waals surface area contributed by atoms with Crippen molar-refractivity contribution in [1.29, 1.82) is 0 Å². The summed E-state index contributed by atoms with van der Waals surface area (Å²) in [6.07, 6.45) is 1.75. The maximum Gasteiger partial charge on any atom is 0.237 e. The van der Waals surface area contributed by atoms with Gasteiger partial charge in [-0.05, 0) is 49.1 Å². The van der Waals surface area contributed by atoms with Crippen LogP contribution in [-0.4, -0.2) is 11.2 Å². The van der Waals surface area contributed by atoms with E-state index in [0.717, 1.165) is 34.7 Å². The van der Waals surface area contributed by atoms with Crippen LogP contribution in [0.1, 0.15) is 17.5 Å². The highest BCUT2D eigenvalue weighted by atomic mass is 32.2. The number of fused-ring (bicyclic) bond motifs is 1. The fraction of sp³-hybridized carbons (Fsp3) is 0.235. The van der Waals surface area contributed by atoms with Gasteiger partial charge in [0.1, 0.15) is 0 Å². The monoisotopic (exact) mass is 298 g/mol. The summed E-state index contributed by atoms with van der Waals surface area (Å²) >= 11 is 1.61. The number of amides is 1. The molecular formula is C17H18N2OS. The first-order valence-corrected chi connectivity index (χ1v) is 7.93. The van der Waals surface area contributed by atoms with E-state index < -0.39 is 0 Å². The van der Waals surface area contributed by atoms with Gasteiger partial charge in [-0.3, -0.25) is 4.79 Å². The van der Waals surface area contributed by atoms with Crippen molar-refractivity contribution in [1.82, 2.24) is 0 Å². The number of carbonyl (C=O) groups excluding carboxylic acids is 1. The minimum atomic E-state index is -0.0853. The Hall–Kier alpha value is -1.94. The second kappa shape index (κ2) is 5.82. The van der Waals surface area contributed by atoms with Gasteiger partial charge in [0, 0.05) is 16.3 Å². The van der Waals surface area contributed by atoms with Crippen LogP contribution in [0.25, 0.3) is 0 Å². The molecule has 1 aliphatic rings. The van der Waals surface area contributed by atoms with Crippen LogP contribution in [0.4, 0.5) is 11.4 Å². The van der Waals surface area contributed by atoms with E-state index in [4.69, 9.17) is 5.73 Å². The third-order valence-electron chi connectivity index (χ3n) is 3.84. The predicted octanol–water partition coefficient (Wildman–Crippen LogP) is 3.62. The highest BCUT2D eigenvalue weighted by molar-refractivity contribution is 8.00. The Labute approximate surface area is 128 Å². The number of para-hydroxylation sites is 1. The molecule has 0 fully saturated rings. The maximum atomic E-state index is 12.4. The van der Waals surface area contributed by atoms with E-state index in [-0.39, 0.29) is 11.2 Å². The van der Waals surface area contributed by atoms with Gasteiger partial charge in [-0.1, -0.05) is 24.3 Å². The molecule has 108 valence electrons. The van der Waals surface area contributed by atoms with Gasteiger partial charge >= 0.3 is 0 Å². The van der Waals surface area contributed by atoms with Crippen molar-refractivity contribution in [2.45, 2.75) is 29.9 Å². The summed E-state index contributed by atoms with van der Waals surface area (Å²) in [5, 5.41) is 2.95. The Morgan fingerprint density at radius 3 is 2.86 bits per heavy atom. The number of aryl methyl sites for hydroxylation is 1. The molecule has 2 aromatic rings. The first-order chi connectivity index (χ1) is 10.1. The Balaban J connectivity index is 1.82. The lowest BCUT2D eigenvalue weighted by molar-refractivity contribution is -0.115. The number of thioether (sulfide) groups is 1. The molecule has 3 nitrogen and oxygen atoms in total. The van der Waals surface area contributed by atoms with Crippen molar-refractivity contribution in [3.8, 4) is 0 Å². The lowest BCUT2D eigenvalue weighted by Crippen LogP contribution is -2.23. The molecule has 0 saturated heterocycles. The van der Waals surface area contributed by atoms with Crippen molar-refractivity contribution >= 4 is 29.0 Å². The van der Waals surface area contributed by atoms with Crippen LogP contribution in [0.5, 0.6) is 0 Å². The molecule has 21 heavy (non-hydrogen) atoms. The molecule has 1 heterocycles. The molecule has 0 aliphatic carbocycles. The standard InChI is InChI=1S/C17H18N2OS/c1-11-13(18)6-4-8-15(11)21-16-10-9-12-5-2-3-7-14(12)19-17(16)20/h2-8,16H,9-10,18H2,1H3,(H,19,20). The molecule has 0 saturated carbocycles. The van der Waals surface area contributed by atoms with Gasteiger partial charge in [-0.15, -0.1) is 11.8 Å². The van der Waals surface area contributed by atoms with Crippen molar-refractivity contribution < 1.29 is 4.79 Å². The lowest BCUT2D eigenvalue weighted by atomic mass is 10.1. The zero-order valence-corrected chi connectivity index (χ0v) is 12.7. The maximum absolute atomic E-state index is 12.4. The van der Waals surface area contributed by atoms with E-state index >= 15 is 0 Å². The van der Waals surface area contributed by atoms with Gasteiger partial charge in [-0.25, -0.2) is 0 Å². The van der Waals surface area contributed by atoms with Crippen molar-refractivity contribution in [3.63, 3.8) is 0 Å². The fourth-order valence-corrected chi connectivity index (χ4v) is 3.68. The number of hydrogen-bond donors (Lipinski definition) is 2. The first-order valence-electron chi connectivity index (χ1n) is 7.05. The highest BCUT2D eigenvalue weighted by Crippen LogP contribution is 2.34. The number of carbonyl (C=O) groups is 1. The van der Waals surface area contributed by atoms with Crippen LogP contribution in [0.2, 0.25) is 0 Å².